The molecule has 0 radical (unpaired) electrons. The van der Waals surface area contributed by atoms with Gasteiger partial charge in [0.2, 0.25) is 17.6 Å². The van der Waals surface area contributed by atoms with Gasteiger partial charge in [0.05, 0.1) is 13.1 Å². The first kappa shape index (κ1) is 28.8. The van der Waals surface area contributed by atoms with Crippen molar-refractivity contribution in [2.24, 2.45) is 0 Å². The molecule has 0 saturated carbocycles. The summed E-state index contributed by atoms with van der Waals surface area (Å²) < 4.78 is 5.15. The number of hydrogen-bond donors (Lipinski definition) is 1. The van der Waals surface area contributed by atoms with Gasteiger partial charge in [-0.25, -0.2) is 5.01 Å². The molecule has 1 aliphatic heterocycles. The smallest absolute Gasteiger partial charge is 0.256 e. The number of carbonyl (C=O) groups is 2. The molecule has 0 aliphatic carbocycles. The Balaban J connectivity index is 0.00000400. The number of aryl methyl sites for hydroxylation is 2. The number of amides is 2. The summed E-state index contributed by atoms with van der Waals surface area (Å²) in [6, 6.07) is 14.0. The zero-order chi connectivity index (χ0) is 26.4. The Morgan fingerprint density at radius 1 is 1.05 bits per heavy atom. The number of benzene rings is 2. The van der Waals surface area contributed by atoms with Crippen molar-refractivity contribution in [3.8, 4) is 11.4 Å². The summed E-state index contributed by atoms with van der Waals surface area (Å²) in [7, 11) is 1.79. The van der Waals surface area contributed by atoms with Gasteiger partial charge in [-0.15, -0.1) is 0 Å². The van der Waals surface area contributed by atoms with Crippen LogP contribution in [-0.4, -0.2) is 58.7 Å². The second-order valence-corrected chi connectivity index (χ2v) is 9.56. The van der Waals surface area contributed by atoms with Crippen molar-refractivity contribution in [2.75, 3.05) is 31.6 Å². The zero-order valence-corrected chi connectivity index (χ0v) is 22.2. The van der Waals surface area contributed by atoms with Crippen LogP contribution in [0.15, 0.2) is 47.0 Å². The molecule has 0 spiro atoms. The lowest BCUT2D eigenvalue weighted by molar-refractivity contribution is -0.145. The van der Waals surface area contributed by atoms with Crippen LogP contribution in [0.1, 0.15) is 56.2 Å². The number of unbranched alkanes of at least 4 members (excludes halogenated alkanes) is 2. The van der Waals surface area contributed by atoms with Gasteiger partial charge in [0.25, 0.3) is 5.91 Å². The number of fused-ring (bicyclic) bond motifs is 1. The number of rotatable bonds is 11. The van der Waals surface area contributed by atoms with Gasteiger partial charge in [0, 0.05) is 44.9 Å². The quantitative estimate of drug-likeness (QED) is 0.372. The molecule has 9 heteroatoms. The van der Waals surface area contributed by atoms with Crippen LogP contribution in [0.5, 0.6) is 0 Å². The van der Waals surface area contributed by atoms with Crippen molar-refractivity contribution in [1.82, 2.24) is 25.5 Å². The van der Waals surface area contributed by atoms with Crippen molar-refractivity contribution in [3.63, 3.8) is 0 Å². The second kappa shape index (κ2) is 13.2. The lowest BCUT2D eigenvalue weighted by Gasteiger charge is -2.32. The number of nitrogens with zero attached hydrogens (tertiary/aromatic N) is 5. The average Bonchev–Trinajstić information content (AvgIpc) is 3.52. The standard InChI is InChI=1S/C28H36N6O3.CH4/c1-5-6-9-14-29-26(35)18-33(25-15-22(13-12-20(25)2)28-30-21(3)37-31-28)19-27(36)32(4)34-16-23-10-7-8-11-24(23)17-34;/h7-8,10-13,15H,5-6,9,14,16-19H2,1-4H3,(H,29,35);1H4. The third-order valence-electron chi connectivity index (χ3n) is 6.71. The highest BCUT2D eigenvalue weighted by atomic mass is 16.5. The largest absolute Gasteiger partial charge is 0.355 e. The minimum absolute atomic E-state index is 0. The lowest BCUT2D eigenvalue weighted by Crippen LogP contribution is -2.48. The number of hydrogen-bond acceptors (Lipinski definition) is 7. The second-order valence-electron chi connectivity index (χ2n) is 9.56. The topological polar surface area (TPSA) is 94.8 Å². The molecule has 0 bridgehead atoms. The molecule has 1 aromatic heterocycles. The van der Waals surface area contributed by atoms with Crippen molar-refractivity contribution in [1.29, 1.82) is 0 Å². The minimum Gasteiger partial charge on any atom is -0.355 e. The summed E-state index contributed by atoms with van der Waals surface area (Å²) in [4.78, 5) is 32.5. The highest BCUT2D eigenvalue weighted by Gasteiger charge is 2.27. The normalized spacial score (nSPS) is 12.5. The van der Waals surface area contributed by atoms with Gasteiger partial charge in [-0.1, -0.05) is 68.7 Å². The number of anilines is 1. The maximum absolute atomic E-state index is 13.5. The molecule has 2 amide bonds. The third-order valence-corrected chi connectivity index (χ3v) is 6.71. The minimum atomic E-state index is -0.111. The Bertz CT molecular complexity index is 1220. The van der Waals surface area contributed by atoms with E-state index in [9.17, 15) is 9.59 Å². The molecule has 38 heavy (non-hydrogen) atoms. The average molecular weight is 521 g/mol. The van der Waals surface area contributed by atoms with Crippen molar-refractivity contribution < 1.29 is 14.1 Å². The maximum atomic E-state index is 13.5. The fourth-order valence-electron chi connectivity index (χ4n) is 4.51. The summed E-state index contributed by atoms with van der Waals surface area (Å²) >= 11 is 0. The SMILES string of the molecule is C.CCCCCNC(=O)CN(CC(=O)N(C)N1Cc2ccccc2C1)c1cc(-c2noc(C)n2)ccc1C. The van der Waals surface area contributed by atoms with Gasteiger partial charge in [-0.3, -0.25) is 14.6 Å². The van der Waals surface area contributed by atoms with Crippen LogP contribution in [0, 0.1) is 13.8 Å². The van der Waals surface area contributed by atoms with Crippen LogP contribution in [0.2, 0.25) is 0 Å². The predicted octanol–water partition coefficient (Wildman–Crippen LogP) is 4.49. The van der Waals surface area contributed by atoms with Gasteiger partial charge >= 0.3 is 0 Å². The molecule has 2 heterocycles. The Hall–Kier alpha value is -3.72. The predicted molar refractivity (Wildman–Crippen MR) is 149 cm³/mol. The van der Waals surface area contributed by atoms with E-state index in [1.807, 2.05) is 47.2 Å². The fourth-order valence-corrected chi connectivity index (χ4v) is 4.51. The first-order valence-corrected chi connectivity index (χ1v) is 12.9. The maximum Gasteiger partial charge on any atom is 0.256 e. The first-order chi connectivity index (χ1) is 17.9. The highest BCUT2D eigenvalue weighted by molar-refractivity contribution is 5.87. The summed E-state index contributed by atoms with van der Waals surface area (Å²) in [6.07, 6.45) is 3.09. The number of likely N-dealkylation sites (N-methyl/N-ethyl adjacent to an activating group) is 1. The number of aromatic nitrogens is 2. The number of nitrogens with one attached hydrogen (secondary N) is 1. The molecule has 3 aromatic rings. The van der Waals surface area contributed by atoms with Gasteiger partial charge in [0.1, 0.15) is 0 Å². The fraction of sp³-hybridized carbons (Fsp3) is 0.448. The van der Waals surface area contributed by atoms with Gasteiger partial charge in [-0.05, 0) is 36.1 Å². The monoisotopic (exact) mass is 520 g/mol. The van der Waals surface area contributed by atoms with Crippen LogP contribution >= 0.6 is 0 Å². The summed E-state index contributed by atoms with van der Waals surface area (Å²) in [5, 5.41) is 10.7. The van der Waals surface area contributed by atoms with Crippen LogP contribution in [-0.2, 0) is 22.7 Å². The Kier molecular flexibility index (Phi) is 10.0. The number of carbonyl (C=O) groups excluding carboxylic acids is 2. The zero-order valence-electron chi connectivity index (χ0n) is 22.2. The lowest BCUT2D eigenvalue weighted by atomic mass is 10.1. The molecule has 4 rings (SSSR count). The highest BCUT2D eigenvalue weighted by Crippen LogP contribution is 2.28. The van der Waals surface area contributed by atoms with E-state index in [1.54, 1.807) is 19.0 Å². The third kappa shape index (κ3) is 6.98. The van der Waals surface area contributed by atoms with Crippen molar-refractivity contribution in [3.05, 3.63) is 65.0 Å². The molecule has 1 aliphatic rings. The van der Waals surface area contributed by atoms with Gasteiger partial charge < -0.3 is 14.7 Å². The van der Waals surface area contributed by atoms with E-state index in [0.717, 1.165) is 36.1 Å². The summed E-state index contributed by atoms with van der Waals surface area (Å²) in [5.41, 5.74) is 4.96. The molecular weight excluding hydrogens is 480 g/mol. The molecule has 9 nitrogen and oxygen atoms in total. The van der Waals surface area contributed by atoms with E-state index >= 15 is 0 Å². The molecule has 0 atom stereocenters. The van der Waals surface area contributed by atoms with E-state index in [4.69, 9.17) is 4.52 Å². The van der Waals surface area contributed by atoms with Crippen LogP contribution in [0.25, 0.3) is 11.4 Å². The Morgan fingerprint density at radius 3 is 2.39 bits per heavy atom. The van der Waals surface area contributed by atoms with Gasteiger partial charge in [-0.2, -0.15) is 4.98 Å². The number of hydrazine groups is 1. The first-order valence-electron chi connectivity index (χ1n) is 12.9. The summed E-state index contributed by atoms with van der Waals surface area (Å²) in [5.74, 6) is 0.747. The Morgan fingerprint density at radius 2 is 1.76 bits per heavy atom. The molecule has 0 saturated heterocycles. The molecule has 1 N–H and O–H groups in total. The molecule has 0 unspecified atom stereocenters. The van der Waals surface area contributed by atoms with E-state index < -0.39 is 0 Å². The van der Waals surface area contributed by atoms with E-state index in [2.05, 4.69) is 34.5 Å². The van der Waals surface area contributed by atoms with E-state index in [-0.39, 0.29) is 32.3 Å². The Labute approximate surface area is 225 Å². The molecule has 2 aromatic carbocycles. The van der Waals surface area contributed by atoms with Gasteiger partial charge in [0.15, 0.2) is 0 Å². The van der Waals surface area contributed by atoms with E-state index in [1.165, 1.54) is 11.1 Å². The molecule has 0 fully saturated rings. The van der Waals surface area contributed by atoms with Crippen LogP contribution in [0.3, 0.4) is 0 Å². The summed E-state index contributed by atoms with van der Waals surface area (Å²) in [6.45, 7) is 7.96. The van der Waals surface area contributed by atoms with Crippen molar-refractivity contribution >= 4 is 17.5 Å². The molecular formula is C29H40N6O3. The van der Waals surface area contributed by atoms with Crippen LogP contribution in [0.4, 0.5) is 5.69 Å². The molecule has 204 valence electrons. The van der Waals surface area contributed by atoms with Crippen molar-refractivity contribution in [2.45, 2.75) is 60.5 Å². The van der Waals surface area contributed by atoms with E-state index in [0.29, 0.717) is 31.3 Å². The van der Waals surface area contributed by atoms with Crippen LogP contribution < -0.4 is 10.2 Å².